The second-order valence-corrected chi connectivity index (χ2v) is 3.47. The van der Waals surface area contributed by atoms with Crippen molar-refractivity contribution in [2.45, 2.75) is 26.7 Å². The van der Waals surface area contributed by atoms with Gasteiger partial charge in [-0.15, -0.1) is 0 Å². The zero-order valence-corrected chi connectivity index (χ0v) is 10.2. The highest BCUT2D eigenvalue weighted by Gasteiger charge is 1.93. The predicted octanol–water partition coefficient (Wildman–Crippen LogP) is 4.50. The third-order valence-corrected chi connectivity index (χ3v) is 2.39. The minimum Gasteiger partial charge on any atom is -0.0683 e. The maximum Gasteiger partial charge on any atom is -0.0238 e. The fourth-order valence-electron chi connectivity index (χ4n) is 1.58. The van der Waals surface area contributed by atoms with Crippen molar-refractivity contribution < 1.29 is 0 Å². The highest BCUT2D eigenvalue weighted by Crippen LogP contribution is 2.06. The molecule has 2 rings (SSSR count). The average molecular weight is 212 g/mol. The van der Waals surface area contributed by atoms with Gasteiger partial charge < -0.3 is 0 Å². The van der Waals surface area contributed by atoms with E-state index in [4.69, 9.17) is 0 Å². The van der Waals surface area contributed by atoms with E-state index in [1.807, 2.05) is 13.8 Å². The van der Waals surface area contributed by atoms with E-state index < -0.39 is 0 Å². The van der Waals surface area contributed by atoms with Crippen molar-refractivity contribution in [1.82, 2.24) is 0 Å². The Labute approximate surface area is 99.0 Å². The summed E-state index contributed by atoms with van der Waals surface area (Å²) in [6.07, 6.45) is 2.26. The normalized spacial score (nSPS) is 9.12. The van der Waals surface area contributed by atoms with E-state index >= 15 is 0 Å². The Morgan fingerprint density at radius 3 is 1.19 bits per heavy atom. The van der Waals surface area contributed by atoms with Crippen molar-refractivity contribution in [3.63, 3.8) is 0 Å². The maximum absolute atomic E-state index is 2.18. The predicted molar refractivity (Wildman–Crippen MR) is 71.6 cm³/mol. The number of hydrogen-bond donors (Lipinski definition) is 0. The van der Waals surface area contributed by atoms with Crippen molar-refractivity contribution in [3.8, 4) is 0 Å². The Kier molecular flexibility index (Phi) is 6.02. The van der Waals surface area contributed by atoms with Crippen LogP contribution in [0.2, 0.25) is 0 Å². The lowest BCUT2D eigenvalue weighted by Crippen LogP contribution is -1.89. The van der Waals surface area contributed by atoms with Gasteiger partial charge >= 0.3 is 0 Å². The van der Waals surface area contributed by atoms with Gasteiger partial charge in [0.15, 0.2) is 0 Å². The molecule has 84 valence electrons. The summed E-state index contributed by atoms with van der Waals surface area (Å²) >= 11 is 0. The topological polar surface area (TPSA) is 0 Å². The zero-order chi connectivity index (χ0) is 11.6. The van der Waals surface area contributed by atoms with Crippen molar-refractivity contribution in [1.29, 1.82) is 0 Å². The van der Waals surface area contributed by atoms with Crippen molar-refractivity contribution in [3.05, 3.63) is 71.8 Å². The van der Waals surface area contributed by atoms with Crippen molar-refractivity contribution in [2.24, 2.45) is 0 Å². The van der Waals surface area contributed by atoms with Crippen LogP contribution in [0.1, 0.15) is 25.0 Å². The van der Waals surface area contributed by atoms with Gasteiger partial charge in [0.25, 0.3) is 0 Å². The highest BCUT2D eigenvalue weighted by atomic mass is 14.0. The van der Waals surface area contributed by atoms with Crippen LogP contribution in [0.3, 0.4) is 0 Å². The number of hydrogen-bond acceptors (Lipinski definition) is 0. The summed E-state index contributed by atoms with van der Waals surface area (Å²) in [6.45, 7) is 4.00. The van der Waals surface area contributed by atoms with Gasteiger partial charge in [-0.1, -0.05) is 74.5 Å². The molecule has 0 spiro atoms. The van der Waals surface area contributed by atoms with Gasteiger partial charge in [-0.05, 0) is 24.0 Å². The first-order valence-corrected chi connectivity index (χ1v) is 6.03. The number of rotatable bonds is 3. The summed E-state index contributed by atoms with van der Waals surface area (Å²) < 4.78 is 0. The third-order valence-electron chi connectivity index (χ3n) is 2.39. The molecular formula is C16H20. The quantitative estimate of drug-likeness (QED) is 0.702. The minimum absolute atomic E-state index is 1.13. The van der Waals surface area contributed by atoms with Crippen LogP contribution in [0.5, 0.6) is 0 Å². The third kappa shape index (κ3) is 4.31. The number of benzene rings is 2. The Morgan fingerprint density at radius 2 is 0.875 bits per heavy atom. The summed E-state index contributed by atoms with van der Waals surface area (Å²) in [6, 6.07) is 21.2. The van der Waals surface area contributed by atoms with Crippen LogP contribution in [0.4, 0.5) is 0 Å². The molecule has 0 nitrogen and oxygen atoms in total. The van der Waals surface area contributed by atoms with Crippen LogP contribution in [-0.2, 0) is 12.8 Å². The van der Waals surface area contributed by atoms with E-state index in [1.54, 1.807) is 0 Å². The minimum atomic E-state index is 1.13. The van der Waals surface area contributed by atoms with Gasteiger partial charge in [0.05, 0.1) is 0 Å². The SMILES string of the molecule is CC.c1ccc(CCc2ccccc2)cc1. The summed E-state index contributed by atoms with van der Waals surface area (Å²) in [5.74, 6) is 0. The molecule has 0 aliphatic heterocycles. The lowest BCUT2D eigenvalue weighted by Gasteiger charge is -2.01. The van der Waals surface area contributed by atoms with Crippen LogP contribution >= 0.6 is 0 Å². The zero-order valence-electron chi connectivity index (χ0n) is 10.2. The molecular weight excluding hydrogens is 192 g/mol. The molecule has 0 aliphatic carbocycles. The first-order valence-electron chi connectivity index (χ1n) is 6.03. The molecule has 0 N–H and O–H groups in total. The molecule has 2 aromatic rings. The molecule has 0 saturated carbocycles. The molecule has 0 atom stereocenters. The average Bonchev–Trinajstić information content (AvgIpc) is 2.41. The maximum atomic E-state index is 2.18. The molecule has 16 heavy (non-hydrogen) atoms. The molecule has 0 radical (unpaired) electrons. The van der Waals surface area contributed by atoms with Crippen LogP contribution in [0.25, 0.3) is 0 Å². The Morgan fingerprint density at radius 1 is 0.562 bits per heavy atom. The van der Waals surface area contributed by atoms with E-state index in [9.17, 15) is 0 Å². The molecule has 0 fully saturated rings. The van der Waals surface area contributed by atoms with Crippen LogP contribution in [-0.4, -0.2) is 0 Å². The smallest absolute Gasteiger partial charge is 0.0238 e. The van der Waals surface area contributed by atoms with Crippen molar-refractivity contribution >= 4 is 0 Å². The van der Waals surface area contributed by atoms with Crippen molar-refractivity contribution in [2.75, 3.05) is 0 Å². The Bertz CT molecular complexity index is 322. The summed E-state index contributed by atoms with van der Waals surface area (Å²) in [5.41, 5.74) is 2.83. The Balaban J connectivity index is 0.000000606. The lowest BCUT2D eigenvalue weighted by atomic mass is 10.0. The van der Waals surface area contributed by atoms with E-state index in [-0.39, 0.29) is 0 Å². The second kappa shape index (κ2) is 7.70. The van der Waals surface area contributed by atoms with E-state index in [0.29, 0.717) is 0 Å². The molecule has 0 unspecified atom stereocenters. The number of aryl methyl sites for hydroxylation is 2. The lowest BCUT2D eigenvalue weighted by molar-refractivity contribution is 0.960. The molecule has 0 aromatic heterocycles. The van der Waals surface area contributed by atoms with E-state index in [2.05, 4.69) is 60.7 Å². The van der Waals surface area contributed by atoms with Crippen LogP contribution in [0, 0.1) is 0 Å². The van der Waals surface area contributed by atoms with E-state index in [0.717, 1.165) is 12.8 Å². The van der Waals surface area contributed by atoms with E-state index in [1.165, 1.54) is 11.1 Å². The monoisotopic (exact) mass is 212 g/mol. The van der Waals surface area contributed by atoms with Crippen LogP contribution < -0.4 is 0 Å². The summed E-state index contributed by atoms with van der Waals surface area (Å²) in [7, 11) is 0. The molecule has 2 aromatic carbocycles. The fourth-order valence-corrected chi connectivity index (χ4v) is 1.58. The second-order valence-electron chi connectivity index (χ2n) is 3.47. The first-order chi connectivity index (χ1) is 7.95. The summed E-state index contributed by atoms with van der Waals surface area (Å²) in [5, 5.41) is 0. The fraction of sp³-hybridized carbons (Fsp3) is 0.250. The molecule has 0 bridgehead atoms. The molecule has 0 saturated heterocycles. The first kappa shape index (κ1) is 12.5. The molecule has 0 amide bonds. The molecule has 0 heteroatoms. The van der Waals surface area contributed by atoms with Gasteiger partial charge in [-0.2, -0.15) is 0 Å². The van der Waals surface area contributed by atoms with Gasteiger partial charge in [0.2, 0.25) is 0 Å². The molecule has 0 aliphatic rings. The van der Waals surface area contributed by atoms with Crippen LogP contribution in [0.15, 0.2) is 60.7 Å². The largest absolute Gasteiger partial charge is 0.0683 e. The highest BCUT2D eigenvalue weighted by molar-refractivity contribution is 5.19. The van der Waals surface area contributed by atoms with Gasteiger partial charge in [-0.3, -0.25) is 0 Å². The van der Waals surface area contributed by atoms with Gasteiger partial charge in [0, 0.05) is 0 Å². The molecule has 0 heterocycles. The van der Waals surface area contributed by atoms with Gasteiger partial charge in [-0.25, -0.2) is 0 Å². The standard InChI is InChI=1S/C14H14.C2H6/c1-3-7-13(8-4-1)11-12-14-9-5-2-6-10-14;1-2/h1-10H,11-12H2;1-2H3. The van der Waals surface area contributed by atoms with Gasteiger partial charge in [0.1, 0.15) is 0 Å². The summed E-state index contributed by atoms with van der Waals surface area (Å²) in [4.78, 5) is 0. The Hall–Kier alpha value is -1.56.